The highest BCUT2D eigenvalue weighted by atomic mass is 35.5. The van der Waals surface area contributed by atoms with E-state index < -0.39 is 0 Å². The molecule has 0 amide bonds. The van der Waals surface area contributed by atoms with Crippen molar-refractivity contribution < 1.29 is 4.74 Å². The second-order valence-electron chi connectivity index (χ2n) is 5.43. The van der Waals surface area contributed by atoms with E-state index in [4.69, 9.17) is 16.3 Å². The van der Waals surface area contributed by atoms with Gasteiger partial charge in [-0.3, -0.25) is 0 Å². The first-order valence-electron chi connectivity index (χ1n) is 7.52. The van der Waals surface area contributed by atoms with Gasteiger partial charge in [0.25, 0.3) is 0 Å². The van der Waals surface area contributed by atoms with Crippen molar-refractivity contribution >= 4 is 24.0 Å². The number of imidazole rings is 1. The molecule has 3 heterocycles. The van der Waals surface area contributed by atoms with Gasteiger partial charge in [-0.05, 0) is 26.0 Å². The third kappa shape index (κ3) is 2.60. The highest BCUT2D eigenvalue weighted by Crippen LogP contribution is 2.36. The molecule has 1 aromatic carbocycles. The van der Waals surface area contributed by atoms with Crippen LogP contribution in [0.4, 0.5) is 0 Å². The maximum atomic E-state index is 6.48. The minimum Gasteiger partial charge on any atom is -0.374 e. The molecule has 0 saturated heterocycles. The van der Waals surface area contributed by atoms with Crippen LogP contribution in [0.2, 0.25) is 5.02 Å². The van der Waals surface area contributed by atoms with E-state index in [-0.39, 0.29) is 12.4 Å². The molecule has 126 valence electrons. The van der Waals surface area contributed by atoms with E-state index in [2.05, 4.69) is 19.6 Å². The first-order valence-corrected chi connectivity index (χ1v) is 7.90. The highest BCUT2D eigenvalue weighted by molar-refractivity contribution is 6.33. The first-order chi connectivity index (χ1) is 11.2. The quantitative estimate of drug-likeness (QED) is 0.558. The van der Waals surface area contributed by atoms with E-state index in [9.17, 15) is 0 Å². The summed E-state index contributed by atoms with van der Waals surface area (Å²) in [6, 6.07) is 5.84. The van der Waals surface area contributed by atoms with Crippen molar-refractivity contribution in [3.8, 4) is 17.1 Å². The lowest BCUT2D eigenvalue weighted by Gasteiger charge is -2.09. The van der Waals surface area contributed by atoms with Crippen molar-refractivity contribution in [1.29, 1.82) is 0 Å². The van der Waals surface area contributed by atoms with Crippen molar-refractivity contribution in [1.82, 2.24) is 24.3 Å². The second kappa shape index (κ2) is 6.55. The predicted octanol–water partition coefficient (Wildman–Crippen LogP) is 3.41. The van der Waals surface area contributed by atoms with E-state index in [0.29, 0.717) is 30.6 Å². The van der Waals surface area contributed by atoms with Gasteiger partial charge in [0.05, 0.1) is 40.5 Å². The zero-order valence-electron chi connectivity index (χ0n) is 13.4. The number of hydrogen-bond donors (Lipinski definition) is 0. The van der Waals surface area contributed by atoms with Gasteiger partial charge in [-0.25, -0.2) is 14.6 Å². The fourth-order valence-corrected chi connectivity index (χ4v) is 3.13. The number of hydrogen-bond acceptors (Lipinski definition) is 4. The van der Waals surface area contributed by atoms with E-state index in [1.54, 1.807) is 0 Å². The molecule has 24 heavy (non-hydrogen) atoms. The smallest absolute Gasteiger partial charge is 0.176 e. The maximum absolute atomic E-state index is 6.48. The first kappa shape index (κ1) is 17.0. The molecule has 0 saturated carbocycles. The van der Waals surface area contributed by atoms with Gasteiger partial charge in [0.2, 0.25) is 0 Å². The Labute approximate surface area is 150 Å². The summed E-state index contributed by atoms with van der Waals surface area (Å²) < 4.78 is 9.38. The number of fused-ring (bicyclic) bond motifs is 5. The van der Waals surface area contributed by atoms with Gasteiger partial charge in [0, 0.05) is 6.61 Å². The minimum absolute atomic E-state index is 0. The fourth-order valence-electron chi connectivity index (χ4n) is 2.88. The number of aryl methyl sites for hydroxylation is 1. The normalized spacial score (nSPS) is 12.0. The Morgan fingerprint density at radius 2 is 2.17 bits per heavy atom. The highest BCUT2D eigenvalue weighted by Gasteiger charge is 2.25. The molecule has 0 unspecified atom stereocenters. The van der Waals surface area contributed by atoms with Gasteiger partial charge in [-0.2, -0.15) is 5.10 Å². The molecule has 0 radical (unpaired) electrons. The van der Waals surface area contributed by atoms with Crippen LogP contribution < -0.4 is 0 Å². The standard InChI is InChI=1S/C16H16ClN5O.ClH/c1-3-23-8-14-19-16-15-11(17)5-4-6-12(15)21-9-18-10(2)13(21)7-22(16)20-14;/h4-6,9H,3,7-8H2,1-2H3;1H. The molecule has 6 nitrogen and oxygen atoms in total. The second-order valence-corrected chi connectivity index (χ2v) is 5.83. The Morgan fingerprint density at radius 1 is 1.33 bits per heavy atom. The molecule has 2 aromatic heterocycles. The van der Waals surface area contributed by atoms with Crippen molar-refractivity contribution in [2.45, 2.75) is 27.0 Å². The SMILES string of the molecule is CCOCc1nc2n(n1)Cc1c(C)ncn1-c1cccc(Cl)c1-2.Cl. The van der Waals surface area contributed by atoms with E-state index in [1.165, 1.54) is 0 Å². The molecule has 1 aliphatic rings. The Morgan fingerprint density at radius 3 is 2.96 bits per heavy atom. The summed E-state index contributed by atoms with van der Waals surface area (Å²) >= 11 is 6.48. The van der Waals surface area contributed by atoms with Gasteiger partial charge in [0.1, 0.15) is 6.61 Å². The molecule has 0 atom stereocenters. The van der Waals surface area contributed by atoms with Crippen LogP contribution in [0.3, 0.4) is 0 Å². The van der Waals surface area contributed by atoms with Crippen LogP contribution in [0.1, 0.15) is 24.1 Å². The zero-order valence-corrected chi connectivity index (χ0v) is 14.9. The van der Waals surface area contributed by atoms with E-state index in [1.807, 2.05) is 43.1 Å². The summed E-state index contributed by atoms with van der Waals surface area (Å²) in [7, 11) is 0. The molecule has 0 bridgehead atoms. The molecular weight excluding hydrogens is 349 g/mol. The largest absolute Gasteiger partial charge is 0.374 e. The zero-order chi connectivity index (χ0) is 16.0. The van der Waals surface area contributed by atoms with Gasteiger partial charge >= 0.3 is 0 Å². The third-order valence-electron chi connectivity index (χ3n) is 4.00. The Bertz CT molecular complexity index is 887. The topological polar surface area (TPSA) is 57.8 Å². The summed E-state index contributed by atoms with van der Waals surface area (Å²) in [4.78, 5) is 9.08. The van der Waals surface area contributed by atoms with Crippen LogP contribution in [0, 0.1) is 6.92 Å². The third-order valence-corrected chi connectivity index (χ3v) is 4.32. The summed E-state index contributed by atoms with van der Waals surface area (Å²) in [6.45, 7) is 5.58. The molecule has 0 fully saturated rings. The number of aromatic nitrogens is 5. The maximum Gasteiger partial charge on any atom is 0.176 e. The average Bonchev–Trinajstić information content (AvgIpc) is 3.07. The van der Waals surface area contributed by atoms with Crippen LogP contribution >= 0.6 is 24.0 Å². The minimum atomic E-state index is 0. The fraction of sp³-hybridized carbons (Fsp3) is 0.312. The number of rotatable bonds is 3. The van der Waals surface area contributed by atoms with Crippen molar-refractivity contribution in [2.24, 2.45) is 0 Å². The van der Waals surface area contributed by atoms with Gasteiger partial charge in [-0.1, -0.05) is 17.7 Å². The molecular formula is C16H17Cl2N5O. The lowest BCUT2D eigenvalue weighted by atomic mass is 10.1. The van der Waals surface area contributed by atoms with Crippen molar-refractivity contribution in [3.05, 3.63) is 46.8 Å². The van der Waals surface area contributed by atoms with Crippen molar-refractivity contribution in [3.63, 3.8) is 0 Å². The Hall–Kier alpha value is -1.89. The number of nitrogens with zero attached hydrogens (tertiary/aromatic N) is 5. The molecule has 0 aliphatic carbocycles. The molecule has 0 N–H and O–H groups in total. The summed E-state index contributed by atoms with van der Waals surface area (Å²) in [6.07, 6.45) is 1.83. The van der Waals surface area contributed by atoms with Gasteiger partial charge in [-0.15, -0.1) is 12.4 Å². The average molecular weight is 366 g/mol. The molecule has 4 rings (SSSR count). The van der Waals surface area contributed by atoms with Crippen LogP contribution in [0.25, 0.3) is 17.1 Å². The molecule has 1 aliphatic heterocycles. The van der Waals surface area contributed by atoms with Gasteiger partial charge in [0.15, 0.2) is 11.6 Å². The van der Waals surface area contributed by atoms with Crippen LogP contribution in [-0.2, 0) is 17.9 Å². The van der Waals surface area contributed by atoms with Crippen LogP contribution in [0.15, 0.2) is 24.5 Å². The van der Waals surface area contributed by atoms with Gasteiger partial charge < -0.3 is 9.30 Å². The number of halogens is 2. The monoisotopic (exact) mass is 365 g/mol. The lowest BCUT2D eigenvalue weighted by Crippen LogP contribution is -2.06. The summed E-state index contributed by atoms with van der Waals surface area (Å²) in [5.41, 5.74) is 3.91. The van der Waals surface area contributed by atoms with Crippen molar-refractivity contribution in [2.75, 3.05) is 6.61 Å². The summed E-state index contributed by atoms with van der Waals surface area (Å²) in [5.74, 6) is 1.43. The van der Waals surface area contributed by atoms with E-state index in [0.717, 1.165) is 28.5 Å². The van der Waals surface area contributed by atoms with E-state index >= 15 is 0 Å². The van der Waals surface area contributed by atoms with Crippen LogP contribution in [0.5, 0.6) is 0 Å². The molecule has 8 heteroatoms. The Balaban J connectivity index is 0.00000169. The molecule has 0 spiro atoms. The summed E-state index contributed by atoms with van der Waals surface area (Å²) in [5, 5.41) is 5.24. The lowest BCUT2D eigenvalue weighted by molar-refractivity contribution is 0.128. The predicted molar refractivity (Wildman–Crippen MR) is 94.0 cm³/mol. The van der Waals surface area contributed by atoms with Crippen LogP contribution in [-0.4, -0.2) is 30.9 Å². The number of ether oxygens (including phenoxy) is 1. The number of benzene rings is 1. The molecule has 3 aromatic rings. The Kier molecular flexibility index (Phi) is 4.62.